The second kappa shape index (κ2) is 1.91. The van der Waals surface area contributed by atoms with Gasteiger partial charge in [-0.05, 0) is 5.25 Å². The fraction of sp³-hybridized carbons (Fsp3) is 0.667. The zero-order chi connectivity index (χ0) is 5.28. The third kappa shape index (κ3) is 0.828. The Bertz CT molecular complexity index is 94.4. The Balaban J connectivity index is 2.41. The zero-order valence-electron chi connectivity index (χ0n) is 4.69. The first-order valence-corrected chi connectivity index (χ1v) is 3.50. The van der Waals surface area contributed by atoms with Crippen molar-refractivity contribution in [3.05, 3.63) is 11.0 Å². The second-order valence-electron chi connectivity index (χ2n) is 1.74. The van der Waals surface area contributed by atoms with Gasteiger partial charge in [0, 0.05) is 0 Å². The van der Waals surface area contributed by atoms with Gasteiger partial charge in [-0.1, -0.05) is 20.3 Å². The molecule has 1 unspecified atom stereocenters. The van der Waals surface area contributed by atoms with E-state index >= 15 is 0 Å². The first-order chi connectivity index (χ1) is 3.34. The van der Waals surface area contributed by atoms with E-state index < -0.39 is 0 Å². The highest BCUT2D eigenvalue weighted by Crippen LogP contribution is 2.32. The van der Waals surface area contributed by atoms with E-state index in [0.717, 1.165) is 5.25 Å². The predicted octanol–water partition coefficient (Wildman–Crippen LogP) is 2.22. The van der Waals surface area contributed by atoms with E-state index in [0.29, 0.717) is 0 Å². The van der Waals surface area contributed by atoms with Gasteiger partial charge in [0.05, 0.1) is 0 Å². The standard InChI is InChI=1S/C6H9S/c1-3-6-4-7-5(6)2/h5H,3H2,1-2H3/q-1. The highest BCUT2D eigenvalue weighted by molar-refractivity contribution is 8.03. The Morgan fingerprint density at radius 1 is 1.86 bits per heavy atom. The topological polar surface area (TPSA) is 0 Å². The van der Waals surface area contributed by atoms with Crippen LogP contribution < -0.4 is 0 Å². The molecule has 1 atom stereocenters. The van der Waals surface area contributed by atoms with Crippen molar-refractivity contribution in [2.75, 3.05) is 0 Å². The molecule has 1 heteroatoms. The van der Waals surface area contributed by atoms with Crippen LogP contribution >= 0.6 is 11.8 Å². The lowest BCUT2D eigenvalue weighted by Crippen LogP contribution is -2.06. The summed E-state index contributed by atoms with van der Waals surface area (Å²) >= 11 is 1.81. The molecule has 0 bridgehead atoms. The molecule has 0 aromatic rings. The van der Waals surface area contributed by atoms with Crippen LogP contribution in [-0.2, 0) is 0 Å². The van der Waals surface area contributed by atoms with Gasteiger partial charge in [0.1, 0.15) is 0 Å². The molecular weight excluding hydrogens is 104 g/mol. The molecule has 0 fully saturated rings. The van der Waals surface area contributed by atoms with Crippen molar-refractivity contribution in [2.24, 2.45) is 0 Å². The number of hydrogen-bond acceptors (Lipinski definition) is 1. The third-order valence-electron chi connectivity index (χ3n) is 1.24. The summed E-state index contributed by atoms with van der Waals surface area (Å²) in [5, 5.41) is 3.95. The van der Waals surface area contributed by atoms with Crippen LogP contribution in [-0.4, -0.2) is 5.25 Å². The molecule has 1 rings (SSSR count). The maximum atomic E-state index is 3.18. The normalized spacial score (nSPS) is 28.9. The lowest BCUT2D eigenvalue weighted by atomic mass is 10.2. The van der Waals surface area contributed by atoms with E-state index in [4.69, 9.17) is 0 Å². The van der Waals surface area contributed by atoms with Gasteiger partial charge in [-0.15, -0.1) is 0 Å². The van der Waals surface area contributed by atoms with Crippen molar-refractivity contribution in [3.63, 3.8) is 0 Å². The largest absolute Gasteiger partial charge is 0.432 e. The van der Waals surface area contributed by atoms with Crippen molar-refractivity contribution in [1.29, 1.82) is 0 Å². The minimum atomic E-state index is 0.769. The summed E-state index contributed by atoms with van der Waals surface area (Å²) in [4.78, 5) is 0. The summed E-state index contributed by atoms with van der Waals surface area (Å²) in [5.74, 6) is 0. The lowest BCUT2D eigenvalue weighted by molar-refractivity contribution is 0.972. The van der Waals surface area contributed by atoms with Crippen molar-refractivity contribution < 1.29 is 0 Å². The van der Waals surface area contributed by atoms with Gasteiger partial charge in [0.2, 0.25) is 0 Å². The van der Waals surface area contributed by atoms with E-state index in [-0.39, 0.29) is 0 Å². The summed E-state index contributed by atoms with van der Waals surface area (Å²) in [7, 11) is 0. The SMILES string of the molecule is CCC1=[C-]SC1C. The second-order valence-corrected chi connectivity index (χ2v) is 2.89. The van der Waals surface area contributed by atoms with Crippen LogP contribution in [0.4, 0.5) is 0 Å². The summed E-state index contributed by atoms with van der Waals surface area (Å²) in [6, 6.07) is 0. The monoisotopic (exact) mass is 113 g/mol. The maximum absolute atomic E-state index is 3.18. The van der Waals surface area contributed by atoms with Crippen molar-refractivity contribution in [1.82, 2.24) is 0 Å². The Labute approximate surface area is 49.0 Å². The molecule has 1 aliphatic heterocycles. The van der Waals surface area contributed by atoms with Gasteiger partial charge in [0.25, 0.3) is 0 Å². The molecule has 0 saturated carbocycles. The molecule has 0 radical (unpaired) electrons. The lowest BCUT2D eigenvalue weighted by Gasteiger charge is -2.37. The van der Waals surface area contributed by atoms with Crippen LogP contribution in [0.3, 0.4) is 0 Å². The summed E-state index contributed by atoms with van der Waals surface area (Å²) in [5.41, 5.74) is 1.49. The minimum absolute atomic E-state index is 0.769. The summed E-state index contributed by atoms with van der Waals surface area (Å²) in [6.45, 7) is 4.40. The van der Waals surface area contributed by atoms with Gasteiger partial charge < -0.3 is 17.2 Å². The van der Waals surface area contributed by atoms with E-state index in [1.165, 1.54) is 12.0 Å². The third-order valence-corrected chi connectivity index (χ3v) is 2.26. The van der Waals surface area contributed by atoms with E-state index in [2.05, 4.69) is 19.3 Å². The molecule has 0 aromatic heterocycles. The van der Waals surface area contributed by atoms with E-state index in [1.54, 1.807) is 11.8 Å². The van der Waals surface area contributed by atoms with Crippen LogP contribution in [0.1, 0.15) is 20.3 Å². The van der Waals surface area contributed by atoms with Crippen LogP contribution in [0, 0.1) is 5.41 Å². The highest BCUT2D eigenvalue weighted by Gasteiger charge is 1.98. The average Bonchev–Trinajstić information content (AvgIpc) is 1.65. The Morgan fingerprint density at radius 3 is 2.57 bits per heavy atom. The van der Waals surface area contributed by atoms with Crippen LogP contribution in [0.15, 0.2) is 5.57 Å². The van der Waals surface area contributed by atoms with Gasteiger partial charge in [-0.25, -0.2) is 5.57 Å². The number of rotatable bonds is 1. The van der Waals surface area contributed by atoms with Crippen molar-refractivity contribution in [3.8, 4) is 0 Å². The molecule has 0 aliphatic carbocycles. The van der Waals surface area contributed by atoms with Crippen LogP contribution in [0.25, 0.3) is 0 Å². The van der Waals surface area contributed by atoms with Crippen LogP contribution in [0.5, 0.6) is 0 Å². The van der Waals surface area contributed by atoms with Gasteiger partial charge in [0.15, 0.2) is 0 Å². The van der Waals surface area contributed by atoms with Gasteiger partial charge in [-0.2, -0.15) is 0 Å². The molecule has 0 amide bonds. The first-order valence-electron chi connectivity index (χ1n) is 2.62. The number of thioether (sulfide) groups is 1. The Hall–Kier alpha value is 0.0900. The molecule has 0 saturated heterocycles. The zero-order valence-corrected chi connectivity index (χ0v) is 5.51. The van der Waals surface area contributed by atoms with Gasteiger partial charge >= 0.3 is 0 Å². The molecular formula is C6H9S-. The molecule has 1 heterocycles. The molecule has 1 aliphatic rings. The molecule has 0 N–H and O–H groups in total. The minimum Gasteiger partial charge on any atom is -0.432 e. The molecule has 7 heavy (non-hydrogen) atoms. The molecule has 40 valence electrons. The average molecular weight is 113 g/mol. The fourth-order valence-electron chi connectivity index (χ4n) is 0.620. The smallest absolute Gasteiger partial charge is 0.0376 e. The maximum Gasteiger partial charge on any atom is -0.0376 e. The van der Waals surface area contributed by atoms with Crippen molar-refractivity contribution >= 4 is 11.8 Å². The fourth-order valence-corrected chi connectivity index (χ4v) is 1.45. The predicted molar refractivity (Wildman–Crippen MR) is 34.1 cm³/mol. The van der Waals surface area contributed by atoms with Gasteiger partial charge in [-0.3, -0.25) is 0 Å². The number of hydrogen-bond donors (Lipinski definition) is 0. The molecule has 0 aromatic carbocycles. The highest BCUT2D eigenvalue weighted by atomic mass is 32.2. The quantitative estimate of drug-likeness (QED) is 0.470. The molecule has 0 nitrogen and oxygen atoms in total. The first kappa shape index (κ1) is 5.23. The van der Waals surface area contributed by atoms with E-state index in [1.807, 2.05) is 0 Å². The van der Waals surface area contributed by atoms with Crippen LogP contribution in [0.2, 0.25) is 0 Å². The molecule has 0 spiro atoms. The summed E-state index contributed by atoms with van der Waals surface area (Å²) < 4.78 is 0. The Kier molecular flexibility index (Phi) is 1.43. The Morgan fingerprint density at radius 2 is 2.57 bits per heavy atom. The van der Waals surface area contributed by atoms with Crippen molar-refractivity contribution in [2.45, 2.75) is 25.5 Å². The van der Waals surface area contributed by atoms with E-state index in [9.17, 15) is 0 Å². The summed E-state index contributed by atoms with van der Waals surface area (Å²) in [6.07, 6.45) is 1.19.